The van der Waals surface area contributed by atoms with Crippen molar-refractivity contribution in [2.45, 2.75) is 139 Å². The Kier molecular flexibility index (Phi) is 23.9. The highest BCUT2D eigenvalue weighted by Gasteiger charge is 2.40. The molecule has 2 fully saturated rings. The van der Waals surface area contributed by atoms with Gasteiger partial charge < -0.3 is 76.5 Å². The quantitative estimate of drug-likeness (QED) is 0.0203. The smallest absolute Gasteiger partial charge is 0.245 e. The number of hydrogen-bond donors (Lipinski definition) is 13. The molecule has 0 bridgehead atoms. The molecule has 10 amide bonds. The van der Waals surface area contributed by atoms with E-state index in [9.17, 15) is 47.9 Å². The van der Waals surface area contributed by atoms with Crippen molar-refractivity contribution in [2.24, 2.45) is 50.3 Å². The van der Waals surface area contributed by atoms with Crippen molar-refractivity contribution >= 4 is 71.0 Å². The van der Waals surface area contributed by atoms with E-state index < -0.39 is 108 Å². The topological polar surface area (TPSA) is 439 Å². The van der Waals surface area contributed by atoms with E-state index in [1.807, 2.05) is 13.8 Å². The van der Waals surface area contributed by atoms with Crippen LogP contribution in [-0.4, -0.2) is 144 Å². The number of carbonyl (C=O) groups is 10. The van der Waals surface area contributed by atoms with E-state index in [1.54, 1.807) is 60.7 Å². The largest absolute Gasteiger partial charge is 0.370 e. The molecular formula is C50H74N16O10. The van der Waals surface area contributed by atoms with E-state index in [4.69, 9.17) is 34.4 Å². The van der Waals surface area contributed by atoms with Crippen LogP contribution in [0.3, 0.4) is 0 Å². The summed E-state index contributed by atoms with van der Waals surface area (Å²) in [6.07, 6.45) is 0.669. The predicted octanol–water partition coefficient (Wildman–Crippen LogP) is -3.84. The van der Waals surface area contributed by atoms with E-state index in [0.29, 0.717) is 17.5 Å². The summed E-state index contributed by atoms with van der Waals surface area (Å²) in [7, 11) is 0. The lowest BCUT2D eigenvalue weighted by Gasteiger charge is -2.31. The number of hydrogen-bond acceptors (Lipinski definition) is 12. The molecule has 0 unspecified atom stereocenters. The van der Waals surface area contributed by atoms with Gasteiger partial charge in [-0.2, -0.15) is 0 Å². The molecule has 4 rings (SSSR count). The highest BCUT2D eigenvalue weighted by molar-refractivity contribution is 5.99. The third kappa shape index (κ3) is 20.2. The molecule has 26 nitrogen and oxygen atoms in total. The summed E-state index contributed by atoms with van der Waals surface area (Å²) in [4.78, 5) is 144. The summed E-state index contributed by atoms with van der Waals surface area (Å²) in [6, 6.07) is 7.83. The lowest BCUT2D eigenvalue weighted by Crippen LogP contribution is -2.60. The zero-order valence-corrected chi connectivity index (χ0v) is 43.0. The van der Waals surface area contributed by atoms with Crippen molar-refractivity contribution in [3.63, 3.8) is 0 Å². The molecule has 0 radical (unpaired) electrons. The molecule has 0 spiro atoms. The maximum Gasteiger partial charge on any atom is 0.245 e. The van der Waals surface area contributed by atoms with Gasteiger partial charge in [0.05, 0.1) is 6.42 Å². The van der Waals surface area contributed by atoms with Gasteiger partial charge in [-0.15, -0.1) is 0 Å². The molecule has 2 aliphatic heterocycles. The number of primary amides is 2. The number of amides is 10. The van der Waals surface area contributed by atoms with Crippen LogP contribution < -0.4 is 71.6 Å². The van der Waals surface area contributed by atoms with Gasteiger partial charge in [-0.3, -0.25) is 57.9 Å². The normalized spacial score (nSPS) is 17.2. The van der Waals surface area contributed by atoms with Crippen LogP contribution in [-0.2, 0) is 60.8 Å². The van der Waals surface area contributed by atoms with Gasteiger partial charge in [0.2, 0.25) is 59.1 Å². The number of benzene rings is 2. The minimum atomic E-state index is -1.49. The van der Waals surface area contributed by atoms with Crippen LogP contribution in [0.5, 0.6) is 0 Å². The van der Waals surface area contributed by atoms with Gasteiger partial charge in [0.25, 0.3) is 0 Å². The Bertz CT molecular complexity index is 2420. The molecule has 2 heterocycles. The van der Waals surface area contributed by atoms with Crippen molar-refractivity contribution in [1.29, 1.82) is 0 Å². The first-order chi connectivity index (χ1) is 36.1. The molecule has 2 saturated heterocycles. The average Bonchev–Trinajstić information content (AvgIpc) is 4.05. The molecule has 2 aromatic carbocycles. The Hall–Kier alpha value is -8.32. The zero-order valence-electron chi connectivity index (χ0n) is 43.0. The Morgan fingerprint density at radius 3 is 1.58 bits per heavy atom. The molecule has 2 aliphatic rings. The van der Waals surface area contributed by atoms with Gasteiger partial charge in [-0.25, -0.2) is 0 Å². The second kappa shape index (κ2) is 30.1. The van der Waals surface area contributed by atoms with Crippen molar-refractivity contribution in [2.75, 3.05) is 19.6 Å². The first-order valence-electron chi connectivity index (χ1n) is 25.3. The fraction of sp³-hybridized carbons (Fsp3) is 0.520. The van der Waals surface area contributed by atoms with E-state index in [2.05, 4.69) is 47.2 Å². The highest BCUT2D eigenvalue weighted by Crippen LogP contribution is 2.21. The highest BCUT2D eigenvalue weighted by atomic mass is 16.2. The van der Waals surface area contributed by atoms with E-state index in [-0.39, 0.29) is 108 Å². The van der Waals surface area contributed by atoms with E-state index >= 15 is 0 Å². The fourth-order valence-electron chi connectivity index (χ4n) is 8.72. The third-order valence-electron chi connectivity index (χ3n) is 12.5. The van der Waals surface area contributed by atoms with Crippen molar-refractivity contribution in [3.8, 4) is 0 Å². The number of aliphatic imine (C=N–C) groups is 2. The third-order valence-corrected chi connectivity index (χ3v) is 12.5. The molecular weight excluding hydrogens is 985 g/mol. The number of likely N-dealkylation sites (tertiary alicyclic amines) is 1. The Labute approximate surface area is 440 Å². The minimum Gasteiger partial charge on any atom is -0.370 e. The van der Waals surface area contributed by atoms with Crippen LogP contribution in [0.25, 0.3) is 0 Å². The number of carbonyl (C=O) groups excluding carboxylic acids is 10. The van der Waals surface area contributed by atoms with Gasteiger partial charge in [-0.05, 0) is 68.4 Å². The monoisotopic (exact) mass is 1060 g/mol. The average molecular weight is 1060 g/mol. The van der Waals surface area contributed by atoms with E-state index in [0.717, 1.165) is 0 Å². The standard InChI is InChI=1S/C50H74N16O10/c1-28(2)24-35(63-46(74)37(26-30-14-7-4-8-15-30)64-43(71)32-19-20-40(68)59-32)44(72)65-36(25-29-12-5-3-6-13-29)45(73)61-33(17-10-22-58-50(55)56)48(76)66-23-11-18-38(66)47(75)60-31(16-9-21-57-49(53)54)42(70)62-34(41(52)69)27-39(51)67/h3-8,12-15,28,31-38H,9-11,16-27H2,1-2H3,(H2,51,67)(H2,52,69)(H,59,68)(H,60,75)(H,61,73)(H,62,70)(H,63,74)(H,64,71)(H,65,72)(H4,53,54,57)(H4,55,56,58)/t31-,32-,33-,34-,35-,36-,37-,38-/m0/s1. The summed E-state index contributed by atoms with van der Waals surface area (Å²) in [5.74, 6) is -7.87. The summed E-state index contributed by atoms with van der Waals surface area (Å²) < 4.78 is 0. The Morgan fingerprint density at radius 1 is 0.605 bits per heavy atom. The van der Waals surface area contributed by atoms with Crippen molar-refractivity contribution in [3.05, 3.63) is 71.8 Å². The van der Waals surface area contributed by atoms with Crippen LogP contribution in [0.2, 0.25) is 0 Å². The maximum atomic E-state index is 14.7. The van der Waals surface area contributed by atoms with Crippen LogP contribution in [0.15, 0.2) is 70.6 Å². The molecule has 0 aliphatic carbocycles. The molecule has 2 aromatic rings. The van der Waals surface area contributed by atoms with Gasteiger partial charge >= 0.3 is 0 Å². The van der Waals surface area contributed by atoms with Crippen molar-refractivity contribution in [1.82, 2.24) is 42.1 Å². The Morgan fingerprint density at radius 2 is 1.08 bits per heavy atom. The van der Waals surface area contributed by atoms with Crippen LogP contribution >= 0.6 is 0 Å². The molecule has 8 atom stereocenters. The predicted molar refractivity (Wildman–Crippen MR) is 280 cm³/mol. The second-order valence-electron chi connectivity index (χ2n) is 19.2. The molecule has 0 saturated carbocycles. The van der Waals surface area contributed by atoms with Crippen molar-refractivity contribution < 1.29 is 47.9 Å². The summed E-state index contributed by atoms with van der Waals surface area (Å²) in [6.45, 7) is 3.88. The minimum absolute atomic E-state index is 0.0342. The molecule has 414 valence electrons. The molecule has 0 aromatic heterocycles. The summed E-state index contributed by atoms with van der Waals surface area (Å²) in [5, 5.41) is 18.8. The lowest BCUT2D eigenvalue weighted by atomic mass is 9.99. The number of rotatable bonds is 30. The maximum absolute atomic E-state index is 14.7. The van der Waals surface area contributed by atoms with Crippen LogP contribution in [0, 0.1) is 5.92 Å². The van der Waals surface area contributed by atoms with Gasteiger partial charge in [0.1, 0.15) is 48.3 Å². The zero-order chi connectivity index (χ0) is 55.9. The summed E-state index contributed by atoms with van der Waals surface area (Å²) >= 11 is 0. The van der Waals surface area contributed by atoms with Gasteiger partial charge in [0.15, 0.2) is 11.9 Å². The van der Waals surface area contributed by atoms with Crippen LogP contribution in [0.4, 0.5) is 0 Å². The number of nitrogens with two attached hydrogens (primary N) is 6. The summed E-state index contributed by atoms with van der Waals surface area (Å²) in [5.41, 5.74) is 34.1. The lowest BCUT2D eigenvalue weighted by molar-refractivity contribution is -0.142. The number of nitrogens with one attached hydrogen (secondary N) is 7. The second-order valence-corrected chi connectivity index (χ2v) is 19.2. The van der Waals surface area contributed by atoms with E-state index in [1.165, 1.54) is 4.90 Å². The number of nitrogens with zero attached hydrogens (tertiary/aromatic N) is 3. The van der Waals surface area contributed by atoms with Gasteiger partial charge in [0, 0.05) is 38.9 Å². The molecule has 76 heavy (non-hydrogen) atoms. The fourth-order valence-corrected chi connectivity index (χ4v) is 8.72. The molecule has 26 heteroatoms. The first-order valence-corrected chi connectivity index (χ1v) is 25.3. The molecule has 19 N–H and O–H groups in total. The number of guanidine groups is 2. The Balaban J connectivity index is 1.61. The SMILES string of the molecule is CC(C)C[C@H](NC(=O)[C@H](Cc1ccccc1)NC(=O)[C@@H]1CCC(=O)N1)C(=O)N[C@@H](Cc1ccccc1)C(=O)N[C@@H](CCCN=C(N)N)C(=O)N1CCC[C@H]1C(=O)N[C@@H](CCCN=C(N)N)C(=O)N[C@@H](CC(N)=O)C(N)=O. The van der Waals surface area contributed by atoms with Gasteiger partial charge in [-0.1, -0.05) is 74.5 Å². The van der Waals surface area contributed by atoms with Crippen LogP contribution in [0.1, 0.15) is 89.2 Å². The first kappa shape index (κ1) is 60.2.